The van der Waals surface area contributed by atoms with E-state index in [0.717, 1.165) is 50.0 Å². The number of nitrogens with one attached hydrogen (secondary N) is 2. The molecule has 43 heavy (non-hydrogen) atoms. The van der Waals surface area contributed by atoms with E-state index in [9.17, 15) is 14.9 Å². The van der Waals surface area contributed by atoms with Crippen LogP contribution in [0.1, 0.15) is 62.9 Å². The Morgan fingerprint density at radius 2 is 2.05 bits per heavy atom. The minimum Gasteiger partial charge on any atom is -0.358 e. The number of rotatable bonds is 9. The van der Waals surface area contributed by atoms with Crippen molar-refractivity contribution < 1.29 is 9.59 Å². The summed E-state index contributed by atoms with van der Waals surface area (Å²) in [4.78, 5) is 30.0. The monoisotopic (exact) mass is 756 g/mol. The highest BCUT2D eigenvalue weighted by atomic mass is 127. The minimum absolute atomic E-state index is 0.00392. The second kappa shape index (κ2) is 12.3. The van der Waals surface area contributed by atoms with Crippen LogP contribution < -0.4 is 9.99 Å². The van der Waals surface area contributed by atoms with Crippen LogP contribution in [0.2, 0.25) is 5.02 Å². The number of carbonyl (C=O) groups excluding carboxylic acids is 2. The SMILES string of the molecule is CC[C@@]1(C)CN(C(=O)C(C)Cl)CCN1c1nn(C2CC3(C2)CN(C=O)C3)c(C#N)c1-c1c(Cl)c(C)cc(NPI)c1C=N. The Kier molecular flexibility index (Phi) is 9.26. The van der Waals surface area contributed by atoms with Crippen LogP contribution in [0, 0.1) is 29.1 Å². The van der Waals surface area contributed by atoms with Crippen LogP contribution in [0.15, 0.2) is 6.07 Å². The fourth-order valence-electron chi connectivity index (χ4n) is 7.00. The molecule has 0 radical (unpaired) electrons. The quantitative estimate of drug-likeness (QED) is 0.107. The molecule has 3 heterocycles. The Bertz CT molecular complexity index is 1500. The number of benzene rings is 1. The van der Waals surface area contributed by atoms with Crippen LogP contribution in [0.4, 0.5) is 11.5 Å². The summed E-state index contributed by atoms with van der Waals surface area (Å²) < 4.78 is 1.85. The van der Waals surface area contributed by atoms with E-state index in [4.69, 9.17) is 33.7 Å². The van der Waals surface area contributed by atoms with Gasteiger partial charge in [-0.15, -0.1) is 11.6 Å². The van der Waals surface area contributed by atoms with Gasteiger partial charge in [0.1, 0.15) is 17.1 Å². The van der Waals surface area contributed by atoms with Crippen molar-refractivity contribution >= 4 is 81.7 Å². The van der Waals surface area contributed by atoms with Crippen LogP contribution >= 0.6 is 51.6 Å². The third-order valence-electron chi connectivity index (χ3n) is 9.42. The summed E-state index contributed by atoms with van der Waals surface area (Å²) in [5.74, 6) is 0.534. The van der Waals surface area contributed by atoms with Gasteiger partial charge in [0, 0.05) is 67.5 Å². The molecule has 1 saturated carbocycles. The number of likely N-dealkylation sites (tertiary alicyclic amines) is 1. The molecule has 10 nitrogen and oxygen atoms in total. The highest BCUT2D eigenvalue weighted by molar-refractivity contribution is 14.2. The van der Waals surface area contributed by atoms with E-state index in [-0.39, 0.29) is 17.4 Å². The molecule has 5 rings (SSSR count). The summed E-state index contributed by atoms with van der Waals surface area (Å²) in [6.07, 6.45) is 4.94. The molecule has 2 N–H and O–H groups in total. The van der Waals surface area contributed by atoms with E-state index in [1.54, 1.807) is 11.8 Å². The number of carbonyl (C=O) groups is 2. The molecule has 2 saturated heterocycles. The normalized spacial score (nSPS) is 22.3. The zero-order chi connectivity index (χ0) is 31.3. The average molecular weight is 757 g/mol. The van der Waals surface area contributed by atoms with E-state index in [0.29, 0.717) is 59.2 Å². The molecule has 2 unspecified atom stereocenters. The fourth-order valence-corrected chi connectivity index (χ4v) is 8.57. The summed E-state index contributed by atoms with van der Waals surface area (Å²) in [5, 5.41) is 27.6. The Morgan fingerprint density at radius 1 is 1.35 bits per heavy atom. The summed E-state index contributed by atoms with van der Waals surface area (Å²) in [6, 6.07) is 4.40. The van der Waals surface area contributed by atoms with Crippen molar-refractivity contribution in [3.05, 3.63) is 27.9 Å². The average Bonchev–Trinajstić information content (AvgIpc) is 3.31. The molecule has 1 aromatic carbocycles. The third kappa shape index (κ3) is 5.51. The lowest BCUT2D eigenvalue weighted by Gasteiger charge is -2.57. The molecular weight excluding hydrogens is 721 g/mol. The minimum atomic E-state index is -0.619. The third-order valence-corrected chi connectivity index (χ3v) is 11.3. The number of alkyl halides is 1. The molecule has 3 atom stereocenters. The van der Waals surface area contributed by atoms with Gasteiger partial charge in [-0.25, -0.2) is 4.68 Å². The number of anilines is 2. The lowest BCUT2D eigenvalue weighted by Crippen LogP contribution is -2.63. The molecule has 230 valence electrons. The molecule has 0 bridgehead atoms. The maximum absolute atomic E-state index is 12.9. The first-order chi connectivity index (χ1) is 20.5. The summed E-state index contributed by atoms with van der Waals surface area (Å²) in [7, 11) is 0. The zero-order valence-electron chi connectivity index (χ0n) is 24.7. The van der Waals surface area contributed by atoms with Crippen molar-refractivity contribution in [2.45, 2.75) is 63.9 Å². The number of hydrogen-bond donors (Lipinski definition) is 2. The molecule has 3 aliphatic rings. The Balaban J connectivity index is 1.69. The lowest BCUT2D eigenvalue weighted by atomic mass is 9.61. The standard InChI is InChI=1S/C29H36Cl2IN8O2P/c1-5-28(4)13-38(27(42)18(3)30)6-7-39(28)26-24(23-20(11-33)21(36-43-32)8-17(2)25(23)31)22(12-34)40(35-26)19-9-29(10-19)14-37(15-29)16-41/h8,11,16,18-19,33,36,43H,5-7,9-10,13-15H2,1-4H3/t18?,28-/m0/s1. The highest BCUT2D eigenvalue weighted by Gasteiger charge is 2.54. The molecule has 1 aliphatic carbocycles. The van der Waals surface area contributed by atoms with Gasteiger partial charge < -0.3 is 25.2 Å². The van der Waals surface area contributed by atoms with Crippen molar-refractivity contribution in [1.82, 2.24) is 19.6 Å². The Labute approximate surface area is 277 Å². The number of aryl methyl sites for hydroxylation is 1. The summed E-state index contributed by atoms with van der Waals surface area (Å²) in [5.41, 5.74) is 3.43. The second-order valence-corrected chi connectivity index (χ2v) is 15.4. The molecule has 1 spiro atoms. The van der Waals surface area contributed by atoms with Crippen LogP contribution in [0.5, 0.6) is 0 Å². The number of piperazine rings is 1. The first kappa shape index (κ1) is 32.3. The number of hydrogen-bond acceptors (Lipinski definition) is 7. The van der Waals surface area contributed by atoms with Gasteiger partial charge in [-0.05, 0) is 73.7 Å². The van der Waals surface area contributed by atoms with Gasteiger partial charge in [0.2, 0.25) is 12.3 Å². The van der Waals surface area contributed by atoms with Crippen molar-refractivity contribution in [1.29, 1.82) is 10.7 Å². The predicted octanol–water partition coefficient (Wildman–Crippen LogP) is 5.97. The maximum Gasteiger partial charge on any atom is 0.240 e. The maximum atomic E-state index is 12.9. The zero-order valence-corrected chi connectivity index (χ0v) is 29.3. The van der Waals surface area contributed by atoms with Crippen LogP contribution in [0.3, 0.4) is 0 Å². The largest absolute Gasteiger partial charge is 0.358 e. The fraction of sp³-hybridized carbons (Fsp3) is 0.552. The number of amides is 2. The van der Waals surface area contributed by atoms with E-state index in [2.05, 4.69) is 51.9 Å². The molecule has 3 fully saturated rings. The highest BCUT2D eigenvalue weighted by Crippen LogP contribution is 2.55. The second-order valence-electron chi connectivity index (χ2n) is 12.3. The molecule has 1 aromatic heterocycles. The van der Waals surface area contributed by atoms with Gasteiger partial charge in [-0.3, -0.25) is 9.59 Å². The molecular formula is C29H36Cl2IN8O2P. The van der Waals surface area contributed by atoms with Crippen LogP contribution in [-0.2, 0) is 9.59 Å². The van der Waals surface area contributed by atoms with Gasteiger partial charge in [-0.1, -0.05) is 18.5 Å². The van der Waals surface area contributed by atoms with Gasteiger partial charge >= 0.3 is 0 Å². The van der Waals surface area contributed by atoms with E-state index in [1.165, 1.54) is 6.21 Å². The van der Waals surface area contributed by atoms with Gasteiger partial charge in [0.05, 0.1) is 22.2 Å². The molecule has 2 aromatic rings. The first-order valence-electron chi connectivity index (χ1n) is 14.3. The van der Waals surface area contributed by atoms with Gasteiger partial charge in [-0.2, -0.15) is 10.4 Å². The molecule has 14 heteroatoms. The summed E-state index contributed by atoms with van der Waals surface area (Å²) in [6.45, 7) is 10.7. The van der Waals surface area contributed by atoms with Crippen molar-refractivity contribution in [3.63, 3.8) is 0 Å². The Morgan fingerprint density at radius 3 is 2.60 bits per heavy atom. The van der Waals surface area contributed by atoms with E-state index in [1.807, 2.05) is 22.6 Å². The van der Waals surface area contributed by atoms with Crippen molar-refractivity contribution in [2.75, 3.05) is 42.7 Å². The molecule has 2 amide bonds. The number of aromatic nitrogens is 2. The smallest absolute Gasteiger partial charge is 0.240 e. The number of nitrogens with zero attached hydrogens (tertiary/aromatic N) is 6. The van der Waals surface area contributed by atoms with Crippen molar-refractivity contribution in [3.8, 4) is 17.2 Å². The topological polar surface area (TPSA) is 121 Å². The van der Waals surface area contributed by atoms with Crippen molar-refractivity contribution in [2.24, 2.45) is 5.41 Å². The van der Waals surface area contributed by atoms with Crippen LogP contribution in [-0.4, -0.2) is 81.8 Å². The number of halogens is 3. The van der Waals surface area contributed by atoms with E-state index < -0.39 is 10.9 Å². The molecule has 2 aliphatic heterocycles. The van der Waals surface area contributed by atoms with Gasteiger partial charge in [0.25, 0.3) is 0 Å². The van der Waals surface area contributed by atoms with E-state index >= 15 is 0 Å². The summed E-state index contributed by atoms with van der Waals surface area (Å²) >= 11 is 15.5. The predicted molar refractivity (Wildman–Crippen MR) is 182 cm³/mol. The van der Waals surface area contributed by atoms with Crippen LogP contribution in [0.25, 0.3) is 11.1 Å². The van der Waals surface area contributed by atoms with Gasteiger partial charge in [0.15, 0.2) is 5.82 Å². The Hall–Kier alpha value is -2.13. The number of nitriles is 1. The first-order valence-corrected chi connectivity index (χ1v) is 19.3. The lowest BCUT2D eigenvalue weighted by molar-refractivity contribution is -0.140.